The van der Waals surface area contributed by atoms with Crippen molar-refractivity contribution in [1.82, 2.24) is 19.5 Å². The smallest absolute Gasteiger partial charge is 0.224 e. The summed E-state index contributed by atoms with van der Waals surface area (Å²) in [6.07, 6.45) is 10.2. The lowest BCUT2D eigenvalue weighted by Gasteiger charge is -2.13. The van der Waals surface area contributed by atoms with Crippen molar-refractivity contribution in [2.24, 2.45) is 0 Å². The lowest BCUT2D eigenvalue weighted by Crippen LogP contribution is -2.17. The average Bonchev–Trinajstić information content (AvgIpc) is 3.27. The molecule has 24 heavy (non-hydrogen) atoms. The lowest BCUT2D eigenvalue weighted by molar-refractivity contribution is 0.628. The molecule has 2 heterocycles. The first-order valence-corrected chi connectivity index (χ1v) is 8.19. The predicted molar refractivity (Wildman–Crippen MR) is 90.4 cm³/mol. The van der Waals surface area contributed by atoms with Crippen molar-refractivity contribution >= 4 is 5.95 Å². The van der Waals surface area contributed by atoms with Gasteiger partial charge in [0.1, 0.15) is 17.5 Å². The van der Waals surface area contributed by atoms with Gasteiger partial charge in [0.15, 0.2) is 0 Å². The second-order valence-electron chi connectivity index (χ2n) is 5.99. The first kappa shape index (κ1) is 14.8. The fourth-order valence-corrected chi connectivity index (χ4v) is 3.11. The Kier molecular flexibility index (Phi) is 3.94. The number of rotatable bonds is 4. The van der Waals surface area contributed by atoms with Crippen LogP contribution in [0.2, 0.25) is 0 Å². The Morgan fingerprint density at radius 1 is 1.00 bits per heavy atom. The van der Waals surface area contributed by atoms with Crippen LogP contribution in [0.4, 0.5) is 10.3 Å². The number of aromatic nitrogens is 4. The minimum absolute atomic E-state index is 0.262. The molecule has 1 saturated carbocycles. The summed E-state index contributed by atoms with van der Waals surface area (Å²) >= 11 is 0. The Bertz CT molecular complexity index is 821. The van der Waals surface area contributed by atoms with Gasteiger partial charge >= 0.3 is 0 Å². The summed E-state index contributed by atoms with van der Waals surface area (Å²) in [5, 5.41) is 3.40. The van der Waals surface area contributed by atoms with Crippen LogP contribution in [0.1, 0.15) is 25.7 Å². The molecule has 0 unspecified atom stereocenters. The summed E-state index contributed by atoms with van der Waals surface area (Å²) in [5.74, 6) is 1.84. The number of imidazole rings is 1. The summed E-state index contributed by atoms with van der Waals surface area (Å²) in [5.41, 5.74) is 0.838. The zero-order valence-corrected chi connectivity index (χ0v) is 13.2. The minimum atomic E-state index is -0.262. The highest BCUT2D eigenvalue weighted by Gasteiger charge is 2.16. The molecule has 122 valence electrons. The summed E-state index contributed by atoms with van der Waals surface area (Å²) < 4.78 is 15.0. The molecule has 1 fully saturated rings. The standard InChI is InChI=1S/C18H18FN5/c19-14-7-5-13(6-8-14)17-20-11-12-24(17)16-9-10-21-18(23-16)22-15-3-1-2-4-15/h5-12,15H,1-4H2,(H,21,22,23). The summed E-state index contributed by atoms with van der Waals surface area (Å²) in [4.78, 5) is 13.3. The van der Waals surface area contributed by atoms with Crippen LogP contribution in [0.5, 0.6) is 0 Å². The molecular formula is C18H18FN5. The van der Waals surface area contributed by atoms with Gasteiger partial charge in [0.25, 0.3) is 0 Å². The molecule has 1 aliphatic carbocycles. The zero-order valence-electron chi connectivity index (χ0n) is 13.2. The van der Waals surface area contributed by atoms with E-state index in [0.717, 1.165) is 17.2 Å². The maximum atomic E-state index is 13.1. The van der Waals surface area contributed by atoms with Gasteiger partial charge in [0.2, 0.25) is 5.95 Å². The Labute approximate surface area is 139 Å². The molecule has 5 nitrogen and oxygen atoms in total. The number of hydrogen-bond acceptors (Lipinski definition) is 4. The monoisotopic (exact) mass is 323 g/mol. The van der Waals surface area contributed by atoms with Crippen LogP contribution in [-0.4, -0.2) is 25.6 Å². The van der Waals surface area contributed by atoms with Gasteiger partial charge in [-0.1, -0.05) is 12.8 Å². The van der Waals surface area contributed by atoms with E-state index >= 15 is 0 Å². The third kappa shape index (κ3) is 2.99. The Morgan fingerprint density at radius 2 is 1.79 bits per heavy atom. The van der Waals surface area contributed by atoms with Crippen molar-refractivity contribution in [3.63, 3.8) is 0 Å². The van der Waals surface area contributed by atoms with Crippen LogP contribution in [0.15, 0.2) is 48.9 Å². The van der Waals surface area contributed by atoms with E-state index in [1.54, 1.807) is 24.5 Å². The van der Waals surface area contributed by atoms with E-state index in [1.165, 1.54) is 37.8 Å². The molecule has 0 saturated heterocycles. The quantitative estimate of drug-likeness (QED) is 0.793. The maximum Gasteiger partial charge on any atom is 0.224 e. The largest absolute Gasteiger partial charge is 0.351 e. The fraction of sp³-hybridized carbons (Fsp3) is 0.278. The maximum absolute atomic E-state index is 13.1. The van der Waals surface area contributed by atoms with Gasteiger partial charge in [-0.05, 0) is 43.2 Å². The second kappa shape index (κ2) is 6.39. The zero-order chi connectivity index (χ0) is 16.4. The van der Waals surface area contributed by atoms with Crippen molar-refractivity contribution in [2.75, 3.05) is 5.32 Å². The van der Waals surface area contributed by atoms with E-state index in [4.69, 9.17) is 0 Å². The van der Waals surface area contributed by atoms with Gasteiger partial charge in [-0.2, -0.15) is 4.98 Å². The average molecular weight is 323 g/mol. The van der Waals surface area contributed by atoms with Crippen LogP contribution >= 0.6 is 0 Å². The van der Waals surface area contributed by atoms with E-state index < -0.39 is 0 Å². The molecule has 3 aromatic rings. The number of anilines is 1. The van der Waals surface area contributed by atoms with Crippen molar-refractivity contribution in [1.29, 1.82) is 0 Å². The topological polar surface area (TPSA) is 55.6 Å². The molecule has 1 N–H and O–H groups in total. The van der Waals surface area contributed by atoms with Gasteiger partial charge in [-0.15, -0.1) is 0 Å². The molecule has 0 atom stereocenters. The second-order valence-corrected chi connectivity index (χ2v) is 5.99. The highest BCUT2D eigenvalue weighted by atomic mass is 19.1. The summed E-state index contributed by atoms with van der Waals surface area (Å²) in [7, 11) is 0. The Balaban J connectivity index is 1.64. The van der Waals surface area contributed by atoms with Crippen molar-refractivity contribution in [2.45, 2.75) is 31.7 Å². The van der Waals surface area contributed by atoms with Crippen LogP contribution in [0.3, 0.4) is 0 Å². The normalized spacial score (nSPS) is 14.9. The van der Waals surface area contributed by atoms with Gasteiger partial charge in [-0.3, -0.25) is 4.57 Å². The molecule has 6 heteroatoms. The van der Waals surface area contributed by atoms with Gasteiger partial charge in [0, 0.05) is 30.2 Å². The first-order valence-electron chi connectivity index (χ1n) is 8.19. The molecule has 0 spiro atoms. The summed E-state index contributed by atoms with van der Waals surface area (Å²) in [6.45, 7) is 0. The number of benzene rings is 1. The third-order valence-corrected chi connectivity index (χ3v) is 4.32. The Hall–Kier alpha value is -2.76. The van der Waals surface area contributed by atoms with Crippen molar-refractivity contribution in [3.8, 4) is 17.2 Å². The number of nitrogens with one attached hydrogen (secondary N) is 1. The molecule has 0 amide bonds. The molecule has 1 aliphatic rings. The lowest BCUT2D eigenvalue weighted by atomic mass is 10.2. The van der Waals surface area contributed by atoms with Crippen LogP contribution in [0, 0.1) is 5.82 Å². The highest BCUT2D eigenvalue weighted by Crippen LogP contribution is 2.23. The van der Waals surface area contributed by atoms with E-state index in [9.17, 15) is 4.39 Å². The number of nitrogens with zero attached hydrogens (tertiary/aromatic N) is 4. The van der Waals surface area contributed by atoms with Crippen molar-refractivity contribution in [3.05, 3.63) is 54.7 Å². The predicted octanol–water partition coefficient (Wildman–Crippen LogP) is 3.82. The van der Waals surface area contributed by atoms with E-state index in [-0.39, 0.29) is 5.82 Å². The van der Waals surface area contributed by atoms with Gasteiger partial charge < -0.3 is 5.32 Å². The van der Waals surface area contributed by atoms with Crippen LogP contribution < -0.4 is 5.32 Å². The molecular weight excluding hydrogens is 305 g/mol. The molecule has 1 aromatic carbocycles. The third-order valence-electron chi connectivity index (χ3n) is 4.32. The molecule has 4 rings (SSSR count). The van der Waals surface area contributed by atoms with E-state index in [1.807, 2.05) is 16.8 Å². The van der Waals surface area contributed by atoms with Crippen LogP contribution in [-0.2, 0) is 0 Å². The molecule has 0 aliphatic heterocycles. The minimum Gasteiger partial charge on any atom is -0.351 e. The number of halogens is 1. The highest BCUT2D eigenvalue weighted by molar-refractivity contribution is 5.58. The van der Waals surface area contributed by atoms with Gasteiger partial charge in [-0.25, -0.2) is 14.4 Å². The molecule has 0 bridgehead atoms. The van der Waals surface area contributed by atoms with E-state index in [0.29, 0.717) is 12.0 Å². The Morgan fingerprint density at radius 3 is 2.58 bits per heavy atom. The molecule has 0 radical (unpaired) electrons. The molecule has 2 aromatic heterocycles. The van der Waals surface area contributed by atoms with E-state index in [2.05, 4.69) is 20.3 Å². The summed E-state index contributed by atoms with van der Waals surface area (Å²) in [6, 6.07) is 8.59. The fourth-order valence-electron chi connectivity index (χ4n) is 3.11. The van der Waals surface area contributed by atoms with Crippen LogP contribution in [0.25, 0.3) is 17.2 Å². The number of hydrogen-bond donors (Lipinski definition) is 1. The first-order chi connectivity index (χ1) is 11.8. The van der Waals surface area contributed by atoms with Gasteiger partial charge in [0.05, 0.1) is 0 Å². The SMILES string of the molecule is Fc1ccc(-c2nccn2-c2ccnc(NC3CCCC3)n2)cc1. The van der Waals surface area contributed by atoms with Crippen molar-refractivity contribution < 1.29 is 4.39 Å².